The van der Waals surface area contributed by atoms with Gasteiger partial charge in [-0.25, -0.2) is 4.79 Å². The number of carbonyl (C=O) groups excluding carboxylic acids is 1. The van der Waals surface area contributed by atoms with Gasteiger partial charge >= 0.3 is 12.6 Å². The van der Waals surface area contributed by atoms with Crippen LogP contribution in [-0.2, 0) is 13.0 Å². The number of hydrogen-bond donors (Lipinski definition) is 1. The van der Waals surface area contributed by atoms with E-state index >= 15 is 0 Å². The molecule has 1 aromatic heterocycles. The van der Waals surface area contributed by atoms with E-state index in [4.69, 9.17) is 0 Å². The molecule has 1 aliphatic rings. The standard InChI is InChI=1S/C19H21F2N3O2/c1-13-2-4-14(5-3-13)8-15-11-24(12-15)19(25)23-9-16-6-7-17(10-22-16)26-18(20)21/h2-7,10,15,18H,8-9,11-12H2,1H3,(H,23,25). The number of rotatable bonds is 6. The molecule has 0 unspecified atom stereocenters. The van der Waals surface area contributed by atoms with Crippen molar-refractivity contribution in [1.29, 1.82) is 0 Å². The van der Waals surface area contributed by atoms with E-state index in [0.717, 1.165) is 19.5 Å². The van der Waals surface area contributed by atoms with E-state index in [2.05, 4.69) is 46.2 Å². The lowest BCUT2D eigenvalue weighted by Gasteiger charge is -2.39. The molecule has 26 heavy (non-hydrogen) atoms. The van der Waals surface area contributed by atoms with Gasteiger partial charge in [-0.1, -0.05) is 29.8 Å². The molecular weight excluding hydrogens is 340 g/mol. The van der Waals surface area contributed by atoms with E-state index in [9.17, 15) is 13.6 Å². The van der Waals surface area contributed by atoms with Gasteiger partial charge in [-0.05, 0) is 37.0 Å². The fourth-order valence-electron chi connectivity index (χ4n) is 2.89. The Morgan fingerprint density at radius 2 is 2.00 bits per heavy atom. The van der Waals surface area contributed by atoms with Crippen molar-refractivity contribution >= 4 is 6.03 Å². The minimum atomic E-state index is -2.87. The number of halogens is 2. The SMILES string of the molecule is Cc1ccc(CC2CN(C(=O)NCc3ccc(OC(F)F)cn3)C2)cc1. The van der Waals surface area contributed by atoms with Crippen molar-refractivity contribution in [3.8, 4) is 5.75 Å². The minimum Gasteiger partial charge on any atom is -0.433 e. The number of ether oxygens (including phenoxy) is 1. The zero-order chi connectivity index (χ0) is 18.5. The summed E-state index contributed by atoms with van der Waals surface area (Å²) in [5.74, 6) is 0.476. The molecule has 0 spiro atoms. The predicted octanol–water partition coefficient (Wildman–Crippen LogP) is 3.38. The van der Waals surface area contributed by atoms with E-state index in [1.165, 1.54) is 23.4 Å². The van der Waals surface area contributed by atoms with Crippen LogP contribution in [0.1, 0.15) is 16.8 Å². The Bertz CT molecular complexity index is 729. The Balaban J connectivity index is 1.39. The van der Waals surface area contributed by atoms with Crippen LogP contribution in [0.25, 0.3) is 0 Å². The molecule has 1 fully saturated rings. The van der Waals surface area contributed by atoms with Crippen LogP contribution in [-0.4, -0.2) is 35.6 Å². The average molecular weight is 361 g/mol. The third-order valence-corrected chi connectivity index (χ3v) is 4.33. The number of urea groups is 1. The van der Waals surface area contributed by atoms with Gasteiger partial charge in [0.05, 0.1) is 18.4 Å². The molecule has 1 saturated heterocycles. The van der Waals surface area contributed by atoms with E-state index in [0.29, 0.717) is 11.6 Å². The van der Waals surface area contributed by atoms with Crippen LogP contribution in [0.5, 0.6) is 5.75 Å². The highest BCUT2D eigenvalue weighted by Gasteiger charge is 2.30. The summed E-state index contributed by atoms with van der Waals surface area (Å²) < 4.78 is 28.4. The molecular formula is C19H21F2N3O2. The molecule has 5 nitrogen and oxygen atoms in total. The van der Waals surface area contributed by atoms with E-state index in [1.807, 2.05) is 0 Å². The van der Waals surface area contributed by atoms with E-state index in [1.54, 1.807) is 11.0 Å². The number of likely N-dealkylation sites (tertiary alicyclic amines) is 1. The number of benzene rings is 1. The molecule has 2 heterocycles. The van der Waals surface area contributed by atoms with Gasteiger partial charge in [0.25, 0.3) is 0 Å². The van der Waals surface area contributed by atoms with Crippen LogP contribution in [0.2, 0.25) is 0 Å². The lowest BCUT2D eigenvalue weighted by molar-refractivity contribution is -0.0500. The molecule has 7 heteroatoms. The summed E-state index contributed by atoms with van der Waals surface area (Å²) in [6.45, 7) is 0.893. The van der Waals surface area contributed by atoms with Crippen molar-refractivity contribution in [2.75, 3.05) is 13.1 Å². The summed E-state index contributed by atoms with van der Waals surface area (Å²) in [7, 11) is 0. The molecule has 2 amide bonds. The molecule has 2 aromatic rings. The fraction of sp³-hybridized carbons (Fsp3) is 0.368. The van der Waals surface area contributed by atoms with Crippen LogP contribution < -0.4 is 10.1 Å². The smallest absolute Gasteiger partial charge is 0.387 e. The third-order valence-electron chi connectivity index (χ3n) is 4.33. The Morgan fingerprint density at radius 3 is 2.62 bits per heavy atom. The van der Waals surface area contributed by atoms with Crippen molar-refractivity contribution in [3.63, 3.8) is 0 Å². The van der Waals surface area contributed by atoms with Gasteiger partial charge in [0.1, 0.15) is 5.75 Å². The van der Waals surface area contributed by atoms with Crippen molar-refractivity contribution in [2.45, 2.75) is 26.5 Å². The fourth-order valence-corrected chi connectivity index (χ4v) is 2.89. The zero-order valence-corrected chi connectivity index (χ0v) is 14.5. The Morgan fingerprint density at radius 1 is 1.27 bits per heavy atom. The van der Waals surface area contributed by atoms with E-state index in [-0.39, 0.29) is 18.3 Å². The number of amides is 2. The van der Waals surface area contributed by atoms with Crippen LogP contribution in [0.4, 0.5) is 13.6 Å². The minimum absolute atomic E-state index is 0.00299. The maximum Gasteiger partial charge on any atom is 0.387 e. The first kappa shape index (κ1) is 18.1. The first-order valence-corrected chi connectivity index (χ1v) is 8.47. The normalized spacial score (nSPS) is 14.2. The highest BCUT2D eigenvalue weighted by atomic mass is 19.3. The summed E-state index contributed by atoms with van der Waals surface area (Å²) in [6, 6.07) is 11.3. The van der Waals surface area contributed by atoms with Crippen LogP contribution in [0, 0.1) is 12.8 Å². The van der Waals surface area contributed by atoms with Crippen LogP contribution in [0.15, 0.2) is 42.6 Å². The maximum absolute atomic E-state index is 12.1. The molecule has 1 aromatic carbocycles. The van der Waals surface area contributed by atoms with Crippen molar-refractivity contribution < 1.29 is 18.3 Å². The second kappa shape index (κ2) is 8.12. The van der Waals surface area contributed by atoms with Gasteiger partial charge < -0.3 is 15.0 Å². The molecule has 0 aliphatic carbocycles. The second-order valence-corrected chi connectivity index (χ2v) is 6.48. The van der Waals surface area contributed by atoms with Gasteiger partial charge in [0.2, 0.25) is 0 Å². The lowest BCUT2D eigenvalue weighted by Crippen LogP contribution is -2.54. The summed E-state index contributed by atoms with van der Waals surface area (Å²) >= 11 is 0. The summed E-state index contributed by atoms with van der Waals surface area (Å²) in [5.41, 5.74) is 3.11. The number of carbonyl (C=O) groups is 1. The molecule has 0 bridgehead atoms. The number of aryl methyl sites for hydroxylation is 1. The van der Waals surface area contributed by atoms with Gasteiger partial charge in [-0.2, -0.15) is 8.78 Å². The molecule has 0 saturated carbocycles. The van der Waals surface area contributed by atoms with Gasteiger partial charge in [0, 0.05) is 13.1 Å². The van der Waals surface area contributed by atoms with E-state index < -0.39 is 6.61 Å². The summed E-state index contributed by atoms with van der Waals surface area (Å²) in [6.07, 6.45) is 2.19. The lowest BCUT2D eigenvalue weighted by atomic mass is 9.92. The first-order valence-electron chi connectivity index (χ1n) is 8.47. The largest absolute Gasteiger partial charge is 0.433 e. The highest BCUT2D eigenvalue weighted by Crippen LogP contribution is 2.21. The maximum atomic E-state index is 12.1. The quantitative estimate of drug-likeness (QED) is 0.858. The average Bonchev–Trinajstić information content (AvgIpc) is 2.58. The topological polar surface area (TPSA) is 54.5 Å². The van der Waals surface area contributed by atoms with Crippen molar-refractivity contribution in [1.82, 2.24) is 15.2 Å². The second-order valence-electron chi connectivity index (χ2n) is 6.48. The number of nitrogens with one attached hydrogen (secondary N) is 1. The Hall–Kier alpha value is -2.70. The van der Waals surface area contributed by atoms with Crippen molar-refractivity contribution in [3.05, 3.63) is 59.4 Å². The van der Waals surface area contributed by atoms with Crippen LogP contribution >= 0.6 is 0 Å². The Labute approximate surface area is 151 Å². The Kier molecular flexibility index (Phi) is 5.65. The van der Waals surface area contributed by atoms with Gasteiger partial charge in [-0.3, -0.25) is 4.98 Å². The van der Waals surface area contributed by atoms with Crippen molar-refractivity contribution in [2.24, 2.45) is 5.92 Å². The first-order chi connectivity index (χ1) is 12.5. The highest BCUT2D eigenvalue weighted by molar-refractivity contribution is 5.75. The number of hydrogen-bond acceptors (Lipinski definition) is 3. The number of alkyl halides is 2. The molecule has 1 aliphatic heterocycles. The molecule has 138 valence electrons. The number of pyridine rings is 1. The molecule has 1 N–H and O–H groups in total. The number of aromatic nitrogens is 1. The van der Waals surface area contributed by atoms with Crippen LogP contribution in [0.3, 0.4) is 0 Å². The summed E-state index contributed by atoms with van der Waals surface area (Å²) in [5, 5.41) is 2.79. The predicted molar refractivity (Wildman–Crippen MR) is 93.1 cm³/mol. The summed E-state index contributed by atoms with van der Waals surface area (Å²) in [4.78, 5) is 17.9. The zero-order valence-electron chi connectivity index (χ0n) is 14.5. The number of nitrogens with zero attached hydrogens (tertiary/aromatic N) is 2. The van der Waals surface area contributed by atoms with Gasteiger partial charge in [-0.15, -0.1) is 0 Å². The molecule has 3 rings (SSSR count). The molecule has 0 atom stereocenters. The monoisotopic (exact) mass is 361 g/mol. The molecule has 0 radical (unpaired) electrons. The van der Waals surface area contributed by atoms with Gasteiger partial charge in [0.15, 0.2) is 0 Å². The third kappa shape index (κ3) is 4.91.